The summed E-state index contributed by atoms with van der Waals surface area (Å²) in [4.78, 5) is 0. The largest absolute Gasteiger partial charge is 0.382 e. The van der Waals surface area contributed by atoms with Gasteiger partial charge in [0.2, 0.25) is 5.71 Å². The molecular formula is C13H16ClN5. The van der Waals surface area contributed by atoms with Crippen LogP contribution in [0, 0.1) is 16.7 Å². The Morgan fingerprint density at radius 1 is 1.47 bits per heavy atom. The maximum absolute atomic E-state index is 8.75. The number of hydrazone groups is 1. The molecule has 0 aliphatic heterocycles. The Kier molecular flexibility index (Phi) is 4.52. The smallest absolute Gasteiger partial charge is 0.201 e. The molecule has 6 heteroatoms. The number of nitrogens with one attached hydrogen (secondary N) is 2. The maximum atomic E-state index is 8.75. The summed E-state index contributed by atoms with van der Waals surface area (Å²) in [6.07, 6.45) is 0. The van der Waals surface area contributed by atoms with E-state index in [1.807, 2.05) is 12.1 Å². The first kappa shape index (κ1) is 15.0. The number of anilines is 1. The molecule has 0 aliphatic carbocycles. The molecule has 0 aromatic heterocycles. The van der Waals surface area contributed by atoms with Crippen LogP contribution in [0.2, 0.25) is 5.02 Å². The van der Waals surface area contributed by atoms with E-state index in [9.17, 15) is 0 Å². The van der Waals surface area contributed by atoms with E-state index in [4.69, 9.17) is 28.0 Å². The lowest BCUT2D eigenvalue weighted by Gasteiger charge is -2.20. The van der Waals surface area contributed by atoms with Gasteiger partial charge >= 0.3 is 0 Å². The average molecular weight is 278 g/mol. The molecule has 0 radical (unpaired) electrons. The van der Waals surface area contributed by atoms with Gasteiger partial charge in [-0.05, 0) is 23.1 Å². The summed E-state index contributed by atoms with van der Waals surface area (Å²) in [5.74, 6) is -0.391. The third-order valence-corrected chi connectivity index (χ3v) is 2.81. The van der Waals surface area contributed by atoms with E-state index in [0.717, 1.165) is 5.56 Å². The third-order valence-electron chi connectivity index (χ3n) is 2.48. The number of nitriles is 1. The van der Waals surface area contributed by atoms with Gasteiger partial charge in [0.15, 0.2) is 5.84 Å². The van der Waals surface area contributed by atoms with Gasteiger partial charge in [0.1, 0.15) is 6.07 Å². The Bertz CT molecular complexity index is 563. The molecule has 100 valence electrons. The first-order valence-electron chi connectivity index (χ1n) is 5.64. The van der Waals surface area contributed by atoms with Gasteiger partial charge in [0.05, 0.1) is 10.7 Å². The molecule has 1 rings (SSSR count). The quantitative estimate of drug-likeness (QED) is 0.450. The van der Waals surface area contributed by atoms with E-state index in [2.05, 4.69) is 31.3 Å². The first-order chi connectivity index (χ1) is 8.75. The van der Waals surface area contributed by atoms with Crippen molar-refractivity contribution in [1.29, 1.82) is 10.7 Å². The van der Waals surface area contributed by atoms with Crippen LogP contribution in [0.15, 0.2) is 23.3 Å². The van der Waals surface area contributed by atoms with E-state index in [-0.39, 0.29) is 11.1 Å². The van der Waals surface area contributed by atoms with Gasteiger partial charge in [0, 0.05) is 0 Å². The molecule has 5 nitrogen and oxygen atoms in total. The summed E-state index contributed by atoms with van der Waals surface area (Å²) in [6, 6.07) is 7.29. The van der Waals surface area contributed by atoms with Crippen molar-refractivity contribution in [2.75, 3.05) is 5.43 Å². The minimum absolute atomic E-state index is 0.0244. The molecule has 1 aromatic carbocycles. The van der Waals surface area contributed by atoms with Gasteiger partial charge in [-0.1, -0.05) is 38.4 Å². The zero-order valence-corrected chi connectivity index (χ0v) is 11.8. The van der Waals surface area contributed by atoms with Crippen LogP contribution in [0.1, 0.15) is 26.3 Å². The van der Waals surface area contributed by atoms with E-state index < -0.39 is 5.84 Å². The van der Waals surface area contributed by atoms with E-state index in [1.165, 1.54) is 0 Å². The monoisotopic (exact) mass is 277 g/mol. The van der Waals surface area contributed by atoms with Crippen LogP contribution in [-0.4, -0.2) is 11.5 Å². The van der Waals surface area contributed by atoms with E-state index in [0.29, 0.717) is 10.7 Å². The van der Waals surface area contributed by atoms with Crippen molar-refractivity contribution in [3.63, 3.8) is 0 Å². The summed E-state index contributed by atoms with van der Waals surface area (Å²) in [6.45, 7) is 6.25. The number of benzene rings is 1. The average Bonchev–Trinajstić information content (AvgIpc) is 2.30. The molecular weight excluding hydrogens is 262 g/mol. The molecule has 0 fully saturated rings. The number of hydrogen-bond acceptors (Lipinski definition) is 4. The van der Waals surface area contributed by atoms with Crippen LogP contribution in [0.3, 0.4) is 0 Å². The van der Waals surface area contributed by atoms with Crippen molar-refractivity contribution in [2.45, 2.75) is 26.2 Å². The number of nitrogens with two attached hydrogens (primary N) is 1. The normalized spacial score (nSPS) is 11.8. The molecule has 1 aromatic rings. The molecule has 19 heavy (non-hydrogen) atoms. The molecule has 0 spiro atoms. The second kappa shape index (κ2) is 5.72. The Balaban J connectivity index is 3.09. The fourth-order valence-corrected chi connectivity index (χ4v) is 1.50. The molecule has 0 atom stereocenters. The van der Waals surface area contributed by atoms with Crippen LogP contribution < -0.4 is 11.2 Å². The highest BCUT2D eigenvalue weighted by Gasteiger charge is 2.15. The van der Waals surface area contributed by atoms with Crippen molar-refractivity contribution in [1.82, 2.24) is 0 Å². The summed E-state index contributed by atoms with van der Waals surface area (Å²) in [7, 11) is 0. The van der Waals surface area contributed by atoms with Crippen LogP contribution in [-0.2, 0) is 5.41 Å². The molecule has 4 N–H and O–H groups in total. The molecule has 0 unspecified atom stereocenters. The number of halogens is 1. The fraction of sp³-hybridized carbons (Fsp3) is 0.308. The lowest BCUT2D eigenvalue weighted by molar-refractivity contribution is 0.590. The molecule has 0 heterocycles. The molecule has 0 aliphatic rings. The van der Waals surface area contributed by atoms with Gasteiger partial charge in [-0.3, -0.25) is 10.8 Å². The minimum Gasteiger partial charge on any atom is -0.382 e. The van der Waals surface area contributed by atoms with Crippen molar-refractivity contribution in [2.24, 2.45) is 10.8 Å². The zero-order valence-electron chi connectivity index (χ0n) is 11.1. The van der Waals surface area contributed by atoms with Gasteiger partial charge in [-0.25, -0.2) is 0 Å². The predicted molar refractivity (Wildman–Crippen MR) is 78.7 cm³/mol. The summed E-state index contributed by atoms with van der Waals surface area (Å²) < 4.78 is 0. The van der Waals surface area contributed by atoms with E-state index >= 15 is 0 Å². The predicted octanol–water partition coefficient (Wildman–Crippen LogP) is 2.86. The zero-order chi connectivity index (χ0) is 14.6. The second-order valence-electron chi connectivity index (χ2n) is 5.04. The van der Waals surface area contributed by atoms with Gasteiger partial charge in [-0.15, -0.1) is 0 Å². The number of rotatable bonds is 3. The Morgan fingerprint density at radius 3 is 2.58 bits per heavy atom. The molecule has 0 bridgehead atoms. The van der Waals surface area contributed by atoms with Crippen LogP contribution >= 0.6 is 11.6 Å². The number of nitrogens with zero attached hydrogens (tertiary/aromatic N) is 2. The van der Waals surface area contributed by atoms with Crippen LogP contribution in [0.5, 0.6) is 0 Å². The van der Waals surface area contributed by atoms with Crippen molar-refractivity contribution in [3.8, 4) is 6.07 Å². The summed E-state index contributed by atoms with van der Waals surface area (Å²) in [5, 5.41) is 20.2. The van der Waals surface area contributed by atoms with Crippen molar-refractivity contribution in [3.05, 3.63) is 28.8 Å². The Labute approximate surface area is 117 Å². The number of amidine groups is 1. The van der Waals surface area contributed by atoms with Gasteiger partial charge in [0.25, 0.3) is 0 Å². The first-order valence-corrected chi connectivity index (χ1v) is 6.01. The van der Waals surface area contributed by atoms with Crippen molar-refractivity contribution >= 4 is 28.8 Å². The third kappa shape index (κ3) is 3.97. The standard InChI is InChI=1S/C13H16ClN5/c1-13(2,3)8-4-5-9(14)10(6-8)18-19-11(7-15)12(16)17/h4-6,18H,1-3H3,(H3,16,17)/b19-11+. The van der Waals surface area contributed by atoms with E-state index in [1.54, 1.807) is 12.1 Å². The van der Waals surface area contributed by atoms with Crippen LogP contribution in [0.4, 0.5) is 5.69 Å². The summed E-state index contributed by atoms with van der Waals surface area (Å²) in [5.41, 5.74) is 9.32. The molecule has 0 saturated carbocycles. The topological polar surface area (TPSA) is 98.0 Å². The SMILES string of the molecule is CC(C)(C)c1ccc(Cl)c(N/N=C(\C#N)C(=N)N)c1. The summed E-state index contributed by atoms with van der Waals surface area (Å²) >= 11 is 6.05. The second-order valence-corrected chi connectivity index (χ2v) is 5.45. The highest BCUT2D eigenvalue weighted by Crippen LogP contribution is 2.29. The van der Waals surface area contributed by atoms with Crippen molar-refractivity contribution < 1.29 is 0 Å². The minimum atomic E-state index is -0.391. The molecule has 0 saturated heterocycles. The highest BCUT2D eigenvalue weighted by molar-refractivity contribution is 6.45. The van der Waals surface area contributed by atoms with Gasteiger partial charge < -0.3 is 5.73 Å². The fourth-order valence-electron chi connectivity index (χ4n) is 1.34. The lowest BCUT2D eigenvalue weighted by Crippen LogP contribution is -2.22. The Morgan fingerprint density at radius 2 is 2.11 bits per heavy atom. The van der Waals surface area contributed by atoms with Crippen LogP contribution in [0.25, 0.3) is 0 Å². The number of hydrogen-bond donors (Lipinski definition) is 3. The lowest BCUT2D eigenvalue weighted by atomic mass is 9.87. The Hall–Kier alpha value is -2.06. The van der Waals surface area contributed by atoms with Gasteiger partial charge in [-0.2, -0.15) is 10.4 Å². The maximum Gasteiger partial charge on any atom is 0.201 e. The highest BCUT2D eigenvalue weighted by atomic mass is 35.5. The molecule has 0 amide bonds.